The fourth-order valence-electron chi connectivity index (χ4n) is 7.76. The number of hydrogen-bond donors (Lipinski definition) is 0. The zero-order chi connectivity index (χ0) is 41.8. The molecule has 0 saturated carbocycles. The number of allylic oxidation sites excluding steroid dienone is 8. The Morgan fingerprint density at radius 3 is 1.34 bits per heavy atom. The number of amides is 2. The molecule has 6 nitrogen and oxygen atoms in total. The molecule has 0 spiro atoms. The average Bonchev–Trinajstić information content (AvgIpc) is 4.01. The monoisotopic (exact) mass is 842 g/mol. The summed E-state index contributed by atoms with van der Waals surface area (Å²) in [5.41, 5.74) is 0.0846. The standard InChI is InChI=1S/2C19H20F2NO2.2C5H5.Ti/c2*1-2-3-12-24-13-11-22(18-10-9-16(20)14-17(18)21)19(23)15-7-5-4-6-8-15;2*1-2-4-5-3-1;/h2*4-10H,2-3,11-13H2,1H3;2*1-3H,4H2;. The molecule has 0 N–H and O–H groups in total. The van der Waals surface area contributed by atoms with Crippen LogP contribution in [0.4, 0.5) is 28.9 Å². The maximum absolute atomic E-state index is 18.1. The Balaban J connectivity index is 1.59. The Labute approximate surface area is 347 Å². The van der Waals surface area contributed by atoms with Gasteiger partial charge in [-0.05, 0) is 0 Å². The summed E-state index contributed by atoms with van der Waals surface area (Å²) >= 11 is -5.41. The molecule has 0 aromatic heterocycles. The molecule has 2 aliphatic rings. The van der Waals surface area contributed by atoms with Crippen molar-refractivity contribution in [3.05, 3.63) is 164 Å². The number of unbranched alkanes of at least 4 members (excludes halogenated alkanes) is 2. The van der Waals surface area contributed by atoms with Crippen molar-refractivity contribution in [1.82, 2.24) is 0 Å². The fourth-order valence-corrected chi connectivity index (χ4v) is 16.0. The molecule has 2 aliphatic carbocycles. The molecule has 0 fully saturated rings. The Bertz CT molecular complexity index is 2070. The number of benzene rings is 4. The van der Waals surface area contributed by atoms with E-state index < -0.39 is 59.4 Å². The quantitative estimate of drug-likeness (QED) is 0.0506. The van der Waals surface area contributed by atoms with E-state index in [9.17, 15) is 9.59 Å². The van der Waals surface area contributed by atoms with Crippen LogP contribution in [0.1, 0.15) is 73.1 Å². The van der Waals surface area contributed by atoms with Gasteiger partial charge >= 0.3 is 349 Å². The van der Waals surface area contributed by atoms with Crippen LogP contribution in [0.5, 0.6) is 0 Å². The van der Waals surface area contributed by atoms with Crippen LogP contribution < -0.4 is 17.5 Å². The van der Waals surface area contributed by atoms with Gasteiger partial charge in [0, 0.05) is 0 Å². The van der Waals surface area contributed by atoms with Crippen LogP contribution in [0.15, 0.2) is 129 Å². The van der Waals surface area contributed by atoms with Crippen LogP contribution in [0, 0.1) is 23.3 Å². The van der Waals surface area contributed by atoms with Gasteiger partial charge in [0.2, 0.25) is 0 Å². The summed E-state index contributed by atoms with van der Waals surface area (Å²) in [7, 11) is 0. The van der Waals surface area contributed by atoms with Gasteiger partial charge in [-0.2, -0.15) is 0 Å². The molecule has 2 amide bonds. The number of halogens is 4. The Morgan fingerprint density at radius 1 is 0.576 bits per heavy atom. The van der Waals surface area contributed by atoms with Gasteiger partial charge in [0.15, 0.2) is 0 Å². The maximum atomic E-state index is 18.1. The van der Waals surface area contributed by atoms with Crippen LogP contribution in [0.2, 0.25) is 0 Å². The number of hydrogen-bond acceptors (Lipinski definition) is 4. The van der Waals surface area contributed by atoms with E-state index in [1.54, 1.807) is 97.1 Å². The second kappa shape index (κ2) is 20.9. The van der Waals surface area contributed by atoms with E-state index in [0.717, 1.165) is 37.8 Å². The van der Waals surface area contributed by atoms with Gasteiger partial charge < -0.3 is 0 Å². The summed E-state index contributed by atoms with van der Waals surface area (Å²) < 4.78 is 82.0. The molecule has 0 unspecified atom stereocenters. The molecule has 0 heterocycles. The van der Waals surface area contributed by atoms with Crippen LogP contribution in [-0.2, 0) is 26.1 Å². The van der Waals surface area contributed by atoms with Crippen molar-refractivity contribution in [2.45, 2.75) is 52.4 Å². The van der Waals surface area contributed by atoms with Gasteiger partial charge in [-0.1, -0.05) is 0 Å². The number of carbonyl (C=O) groups is 2. The van der Waals surface area contributed by atoms with E-state index in [1.165, 1.54) is 21.9 Å². The summed E-state index contributed by atoms with van der Waals surface area (Å²) in [6, 6.07) is 21.3. The molecular formula is C48H50F4N2O4Ti. The van der Waals surface area contributed by atoms with Crippen molar-refractivity contribution in [2.24, 2.45) is 0 Å². The summed E-state index contributed by atoms with van der Waals surface area (Å²) in [5.74, 6) is -5.20. The first-order chi connectivity index (χ1) is 28.7. The third kappa shape index (κ3) is 9.47. The summed E-state index contributed by atoms with van der Waals surface area (Å²) in [5, 5.41) is 0. The summed E-state index contributed by atoms with van der Waals surface area (Å²) in [6.45, 7) is 4.92. The number of nitrogens with zero attached hydrogens (tertiary/aromatic N) is 2. The minimum absolute atomic E-state index is 0.0664. The first kappa shape index (κ1) is 43.7. The molecule has 0 atom stereocenters. The second-order valence-corrected chi connectivity index (χ2v) is 20.4. The van der Waals surface area contributed by atoms with Crippen molar-refractivity contribution in [3.8, 4) is 0 Å². The van der Waals surface area contributed by atoms with E-state index in [4.69, 9.17) is 9.47 Å². The molecule has 0 radical (unpaired) electrons. The van der Waals surface area contributed by atoms with Gasteiger partial charge in [0.25, 0.3) is 0 Å². The third-order valence-electron chi connectivity index (χ3n) is 10.7. The Morgan fingerprint density at radius 2 is 0.983 bits per heavy atom. The molecule has 6 rings (SSSR count). The first-order valence-corrected chi connectivity index (χ1v) is 23.5. The SMILES string of the molecule is CCCCOCCN(C(=O)c1ccccc1)c1ccc(F)[c]([Ti]([C]2=CC=CC2)([C]2=CC=CC2)[c]2c(F)ccc(N(CCOCCCC)C(=O)c3ccccc3)c2F)c1F. The van der Waals surface area contributed by atoms with Crippen LogP contribution in [0.3, 0.4) is 0 Å². The number of carbonyl (C=O) groups excluding carboxylic acids is 2. The van der Waals surface area contributed by atoms with E-state index in [-0.39, 0.29) is 61.6 Å². The van der Waals surface area contributed by atoms with Gasteiger partial charge in [-0.25, -0.2) is 0 Å². The molecule has 11 heteroatoms. The predicted octanol–water partition coefficient (Wildman–Crippen LogP) is 9.96. The molecule has 0 saturated heterocycles. The summed E-state index contributed by atoms with van der Waals surface area (Å²) in [4.78, 5) is 30.9. The molecular weight excluding hydrogens is 792 g/mol. The fraction of sp³-hybridized carbons (Fsp3) is 0.292. The van der Waals surface area contributed by atoms with Gasteiger partial charge in [0.1, 0.15) is 0 Å². The van der Waals surface area contributed by atoms with E-state index in [0.29, 0.717) is 21.0 Å². The van der Waals surface area contributed by atoms with Crippen molar-refractivity contribution in [3.63, 3.8) is 0 Å². The van der Waals surface area contributed by atoms with Gasteiger partial charge in [-0.15, -0.1) is 0 Å². The van der Waals surface area contributed by atoms with E-state index in [1.807, 2.05) is 13.8 Å². The van der Waals surface area contributed by atoms with Crippen molar-refractivity contribution < 1.29 is 53.2 Å². The van der Waals surface area contributed by atoms with Crippen molar-refractivity contribution in [2.75, 3.05) is 49.3 Å². The van der Waals surface area contributed by atoms with Crippen LogP contribution in [0.25, 0.3) is 0 Å². The van der Waals surface area contributed by atoms with Gasteiger partial charge in [0.05, 0.1) is 0 Å². The van der Waals surface area contributed by atoms with Crippen molar-refractivity contribution >= 4 is 30.9 Å². The van der Waals surface area contributed by atoms with Gasteiger partial charge in [-0.3, -0.25) is 0 Å². The second-order valence-electron chi connectivity index (χ2n) is 14.5. The average molecular weight is 843 g/mol. The number of ether oxygens (including phenoxy) is 2. The molecule has 0 bridgehead atoms. The molecule has 4 aromatic carbocycles. The molecule has 4 aromatic rings. The minimum atomic E-state index is -5.41. The molecule has 0 aliphatic heterocycles. The van der Waals surface area contributed by atoms with E-state index >= 15 is 17.6 Å². The van der Waals surface area contributed by atoms with Crippen LogP contribution >= 0.6 is 0 Å². The predicted molar refractivity (Wildman–Crippen MR) is 223 cm³/mol. The Kier molecular flexibility index (Phi) is 15.5. The van der Waals surface area contributed by atoms with Crippen molar-refractivity contribution in [1.29, 1.82) is 0 Å². The molecule has 308 valence electrons. The van der Waals surface area contributed by atoms with Crippen LogP contribution in [-0.4, -0.2) is 51.3 Å². The first-order valence-electron chi connectivity index (χ1n) is 20.3. The molecule has 59 heavy (non-hydrogen) atoms. The summed E-state index contributed by atoms with van der Waals surface area (Å²) in [6.07, 6.45) is 14.2. The number of anilines is 2. The zero-order valence-corrected chi connectivity index (χ0v) is 35.1. The topological polar surface area (TPSA) is 59.1 Å². The number of rotatable bonds is 20. The normalized spacial score (nSPS) is 13.5. The third-order valence-corrected chi connectivity index (χ3v) is 18.7. The zero-order valence-electron chi connectivity index (χ0n) is 33.6. The Hall–Kier alpha value is -4.87. The van der Waals surface area contributed by atoms with E-state index in [2.05, 4.69) is 0 Å².